The molecular formula is C20H19Cl2N5O. The molecule has 0 N–H and O–H groups in total. The van der Waals surface area contributed by atoms with Crippen LogP contribution in [0, 0.1) is 12.8 Å². The van der Waals surface area contributed by atoms with Crippen molar-refractivity contribution in [2.45, 2.75) is 19.4 Å². The molecule has 5 rings (SSSR count). The molecule has 0 radical (unpaired) electrons. The number of anilines is 2. The molecule has 0 saturated carbocycles. The van der Waals surface area contributed by atoms with Crippen LogP contribution in [0.4, 0.5) is 11.7 Å². The highest BCUT2D eigenvalue weighted by Crippen LogP contribution is 2.37. The average Bonchev–Trinajstić information content (AvgIpc) is 3.36. The first kappa shape index (κ1) is 17.8. The maximum atomic E-state index is 6.10. The molecule has 2 fully saturated rings. The third-order valence-electron chi connectivity index (χ3n) is 5.57. The number of pyridine rings is 1. The van der Waals surface area contributed by atoms with Crippen molar-refractivity contribution in [3.05, 3.63) is 52.3 Å². The van der Waals surface area contributed by atoms with E-state index < -0.39 is 0 Å². The molecule has 2 aliphatic rings. The van der Waals surface area contributed by atoms with E-state index in [4.69, 9.17) is 27.7 Å². The molecule has 3 aromatic rings. The van der Waals surface area contributed by atoms with E-state index in [2.05, 4.69) is 37.1 Å². The smallest absolute Gasteiger partial charge is 0.324 e. The molecule has 6 nitrogen and oxygen atoms in total. The summed E-state index contributed by atoms with van der Waals surface area (Å²) in [6, 6.07) is 10.4. The van der Waals surface area contributed by atoms with Crippen LogP contribution in [-0.2, 0) is 0 Å². The molecule has 2 aliphatic heterocycles. The quantitative estimate of drug-likeness (QED) is 0.628. The summed E-state index contributed by atoms with van der Waals surface area (Å²) in [6.45, 7) is 4.93. The van der Waals surface area contributed by atoms with E-state index in [0.717, 1.165) is 37.3 Å². The zero-order valence-electron chi connectivity index (χ0n) is 15.3. The third-order valence-corrected chi connectivity index (χ3v) is 6.01. The number of benzene rings is 1. The number of nitrogens with zero attached hydrogens (tertiary/aromatic N) is 5. The fourth-order valence-electron chi connectivity index (χ4n) is 4.27. The summed E-state index contributed by atoms with van der Waals surface area (Å²) in [5, 5.41) is 5.25. The Morgan fingerprint density at radius 1 is 1.11 bits per heavy atom. The zero-order valence-corrected chi connectivity index (χ0v) is 16.9. The average molecular weight is 416 g/mol. The first-order chi connectivity index (χ1) is 13.6. The fraction of sp³-hybridized carbons (Fsp3) is 0.350. The highest BCUT2D eigenvalue weighted by atomic mass is 35.5. The minimum atomic E-state index is 0.365. The number of halogens is 2. The summed E-state index contributed by atoms with van der Waals surface area (Å²) in [5.41, 5.74) is 3.01. The van der Waals surface area contributed by atoms with Crippen molar-refractivity contribution in [2.24, 2.45) is 5.92 Å². The van der Waals surface area contributed by atoms with Gasteiger partial charge in [-0.15, -0.1) is 0 Å². The Balaban J connectivity index is 1.37. The molecule has 0 spiro atoms. The van der Waals surface area contributed by atoms with Crippen LogP contribution in [0.3, 0.4) is 0 Å². The normalized spacial score (nSPS) is 21.4. The Hall–Kier alpha value is -2.31. The van der Waals surface area contributed by atoms with Crippen LogP contribution in [0.1, 0.15) is 12.1 Å². The molecule has 28 heavy (non-hydrogen) atoms. The second-order valence-electron chi connectivity index (χ2n) is 7.43. The van der Waals surface area contributed by atoms with E-state index in [1.54, 1.807) is 18.2 Å². The lowest BCUT2D eigenvalue weighted by molar-refractivity contribution is 0.409. The summed E-state index contributed by atoms with van der Waals surface area (Å²) in [4.78, 5) is 13.6. The van der Waals surface area contributed by atoms with Crippen LogP contribution in [0.25, 0.3) is 11.4 Å². The first-order valence-corrected chi connectivity index (χ1v) is 10.1. The van der Waals surface area contributed by atoms with Crippen LogP contribution in [0.15, 0.2) is 41.1 Å². The lowest BCUT2D eigenvalue weighted by Crippen LogP contribution is -2.35. The topological polar surface area (TPSA) is 58.3 Å². The van der Waals surface area contributed by atoms with E-state index in [-0.39, 0.29) is 0 Å². The minimum absolute atomic E-state index is 0.365. The number of fused-ring (bicyclic) bond motifs is 1. The van der Waals surface area contributed by atoms with Gasteiger partial charge in [-0.25, -0.2) is 0 Å². The van der Waals surface area contributed by atoms with E-state index in [0.29, 0.717) is 33.8 Å². The van der Waals surface area contributed by atoms with Crippen molar-refractivity contribution in [3.8, 4) is 11.4 Å². The van der Waals surface area contributed by atoms with Gasteiger partial charge in [-0.3, -0.25) is 4.98 Å². The van der Waals surface area contributed by atoms with E-state index in [1.165, 1.54) is 5.69 Å². The molecule has 1 aromatic carbocycles. The maximum absolute atomic E-state index is 6.10. The van der Waals surface area contributed by atoms with E-state index >= 15 is 0 Å². The number of hydrogen-bond acceptors (Lipinski definition) is 6. The van der Waals surface area contributed by atoms with Gasteiger partial charge >= 0.3 is 6.01 Å². The summed E-state index contributed by atoms with van der Waals surface area (Å²) < 4.78 is 5.60. The van der Waals surface area contributed by atoms with Gasteiger partial charge in [0.1, 0.15) is 0 Å². The van der Waals surface area contributed by atoms with Crippen molar-refractivity contribution in [1.82, 2.24) is 15.1 Å². The summed E-state index contributed by atoms with van der Waals surface area (Å²) >= 11 is 12.2. The zero-order chi connectivity index (χ0) is 19.3. The number of aryl methyl sites for hydroxylation is 1. The van der Waals surface area contributed by atoms with Gasteiger partial charge in [0.05, 0.1) is 6.04 Å². The molecule has 2 unspecified atom stereocenters. The van der Waals surface area contributed by atoms with Crippen molar-refractivity contribution in [2.75, 3.05) is 29.4 Å². The molecular weight excluding hydrogens is 397 g/mol. The number of aromatic nitrogens is 3. The second kappa shape index (κ2) is 6.94. The monoisotopic (exact) mass is 415 g/mol. The molecule has 0 bridgehead atoms. The van der Waals surface area contributed by atoms with Crippen molar-refractivity contribution < 1.29 is 4.52 Å². The van der Waals surface area contributed by atoms with E-state index in [9.17, 15) is 0 Å². The second-order valence-corrected chi connectivity index (χ2v) is 8.30. The predicted molar refractivity (Wildman–Crippen MR) is 110 cm³/mol. The predicted octanol–water partition coefficient (Wildman–Crippen LogP) is 4.46. The Kier molecular flexibility index (Phi) is 4.40. The van der Waals surface area contributed by atoms with Crippen LogP contribution in [0.5, 0.6) is 0 Å². The highest BCUT2D eigenvalue weighted by Gasteiger charge is 2.43. The molecule has 0 aliphatic carbocycles. The summed E-state index contributed by atoms with van der Waals surface area (Å²) in [6.07, 6.45) is 2.99. The molecule has 2 saturated heterocycles. The van der Waals surface area contributed by atoms with Crippen molar-refractivity contribution in [3.63, 3.8) is 0 Å². The standard InChI is InChI=1S/C20H19Cl2N5O/c1-12-6-17(2-4-23-12)26-10-13-3-5-27(18(13)11-26)20-24-19(25-28-20)14-7-15(21)9-16(22)8-14/h2,4,6-9,13,18H,3,5,10-11H2,1H3. The van der Waals surface area contributed by atoms with Crippen molar-refractivity contribution in [1.29, 1.82) is 0 Å². The van der Waals surface area contributed by atoms with Crippen LogP contribution < -0.4 is 9.80 Å². The van der Waals surface area contributed by atoms with Gasteiger partial charge in [-0.2, -0.15) is 4.98 Å². The Morgan fingerprint density at radius 2 is 1.93 bits per heavy atom. The van der Waals surface area contributed by atoms with Gasteiger partial charge in [0, 0.05) is 58.7 Å². The molecule has 4 heterocycles. The maximum Gasteiger partial charge on any atom is 0.324 e. The third kappa shape index (κ3) is 3.20. The van der Waals surface area contributed by atoms with Crippen LogP contribution >= 0.6 is 23.2 Å². The number of rotatable bonds is 3. The fourth-order valence-corrected chi connectivity index (χ4v) is 4.80. The van der Waals surface area contributed by atoms with Gasteiger partial charge in [-0.05, 0) is 43.7 Å². The Bertz CT molecular complexity index is 1000. The van der Waals surface area contributed by atoms with Gasteiger partial charge in [0.15, 0.2) is 0 Å². The van der Waals surface area contributed by atoms with Gasteiger partial charge in [0.2, 0.25) is 5.82 Å². The minimum Gasteiger partial charge on any atom is -0.369 e. The highest BCUT2D eigenvalue weighted by molar-refractivity contribution is 6.35. The van der Waals surface area contributed by atoms with Gasteiger partial charge in [-0.1, -0.05) is 28.4 Å². The Morgan fingerprint density at radius 3 is 2.71 bits per heavy atom. The van der Waals surface area contributed by atoms with Gasteiger partial charge in [0.25, 0.3) is 0 Å². The Labute approximate surface area is 173 Å². The van der Waals surface area contributed by atoms with E-state index in [1.807, 2.05) is 13.1 Å². The SMILES string of the molecule is Cc1cc(N2CC3CCN(c4nc(-c5cc(Cl)cc(Cl)c5)no4)C3C2)ccn1. The molecule has 2 atom stereocenters. The summed E-state index contributed by atoms with van der Waals surface area (Å²) in [5.74, 6) is 1.09. The molecule has 0 amide bonds. The molecule has 8 heteroatoms. The van der Waals surface area contributed by atoms with Gasteiger partial charge < -0.3 is 14.3 Å². The molecule has 144 valence electrons. The number of hydrogen-bond donors (Lipinski definition) is 0. The lowest BCUT2D eigenvalue weighted by Gasteiger charge is -2.24. The van der Waals surface area contributed by atoms with Crippen LogP contribution in [0.2, 0.25) is 10.0 Å². The first-order valence-electron chi connectivity index (χ1n) is 9.31. The summed E-state index contributed by atoms with van der Waals surface area (Å²) in [7, 11) is 0. The lowest BCUT2D eigenvalue weighted by atomic mass is 10.1. The largest absolute Gasteiger partial charge is 0.369 e. The molecule has 2 aromatic heterocycles. The van der Waals surface area contributed by atoms with Crippen molar-refractivity contribution >= 4 is 34.9 Å². The van der Waals surface area contributed by atoms with Crippen LogP contribution in [-0.4, -0.2) is 40.8 Å².